The molecule has 118 valence electrons. The summed E-state index contributed by atoms with van der Waals surface area (Å²) in [5.41, 5.74) is -0.712. The Kier molecular flexibility index (Phi) is 6.64. The molecule has 4 N–H and O–H groups in total. The van der Waals surface area contributed by atoms with E-state index in [2.05, 4.69) is 10.6 Å². The molecule has 0 bridgehead atoms. The van der Waals surface area contributed by atoms with Crippen molar-refractivity contribution in [2.45, 2.75) is 53.6 Å². The van der Waals surface area contributed by atoms with E-state index < -0.39 is 23.9 Å². The predicted octanol–water partition coefficient (Wildman–Crippen LogP) is 0.0328. The molecular formula is C14H28N2O4. The SMILES string of the molecule is CC(C)(C)C(CO)NC(=O)C(=O)NC(CO)C(C)(C)C. The molecule has 0 saturated carbocycles. The monoisotopic (exact) mass is 288 g/mol. The maximum Gasteiger partial charge on any atom is 0.309 e. The quantitative estimate of drug-likeness (QED) is 0.549. The van der Waals surface area contributed by atoms with Crippen molar-refractivity contribution >= 4 is 11.8 Å². The summed E-state index contributed by atoms with van der Waals surface area (Å²) >= 11 is 0. The van der Waals surface area contributed by atoms with Crippen molar-refractivity contribution in [1.29, 1.82) is 0 Å². The Morgan fingerprint density at radius 3 is 1.20 bits per heavy atom. The third kappa shape index (κ3) is 5.88. The second-order valence-corrected chi connectivity index (χ2v) is 7.15. The van der Waals surface area contributed by atoms with E-state index in [1.165, 1.54) is 0 Å². The standard InChI is InChI=1S/C14H28N2O4/c1-13(2,3)9(7-17)15-11(19)12(20)16-10(8-18)14(4,5)6/h9-10,17-18H,7-8H2,1-6H3,(H,15,19)(H,16,20). The minimum atomic E-state index is -0.804. The van der Waals surface area contributed by atoms with E-state index in [4.69, 9.17) is 0 Å². The van der Waals surface area contributed by atoms with Crippen LogP contribution in [0.1, 0.15) is 41.5 Å². The van der Waals surface area contributed by atoms with Crippen LogP contribution < -0.4 is 10.6 Å². The van der Waals surface area contributed by atoms with Crippen molar-refractivity contribution in [2.24, 2.45) is 10.8 Å². The number of amides is 2. The first-order valence-corrected chi connectivity index (χ1v) is 6.76. The maximum atomic E-state index is 11.8. The van der Waals surface area contributed by atoms with E-state index in [9.17, 15) is 19.8 Å². The minimum absolute atomic E-state index is 0.245. The van der Waals surface area contributed by atoms with Gasteiger partial charge in [0.05, 0.1) is 25.3 Å². The number of aliphatic hydroxyl groups is 2. The fourth-order valence-corrected chi connectivity index (χ4v) is 1.52. The number of hydrogen-bond acceptors (Lipinski definition) is 4. The first-order chi connectivity index (χ1) is 8.93. The van der Waals surface area contributed by atoms with Crippen LogP contribution in [0.15, 0.2) is 0 Å². The highest BCUT2D eigenvalue weighted by atomic mass is 16.3. The molecule has 0 aromatic carbocycles. The predicted molar refractivity (Wildman–Crippen MR) is 76.9 cm³/mol. The van der Waals surface area contributed by atoms with E-state index in [0.717, 1.165) is 0 Å². The second kappa shape index (κ2) is 7.04. The lowest BCUT2D eigenvalue weighted by molar-refractivity contribution is -0.141. The van der Waals surface area contributed by atoms with Crippen LogP contribution in [0.5, 0.6) is 0 Å². The van der Waals surface area contributed by atoms with Gasteiger partial charge in [0.25, 0.3) is 0 Å². The van der Waals surface area contributed by atoms with Gasteiger partial charge in [0, 0.05) is 0 Å². The van der Waals surface area contributed by atoms with E-state index >= 15 is 0 Å². The average molecular weight is 288 g/mol. The summed E-state index contributed by atoms with van der Waals surface area (Å²) < 4.78 is 0. The first kappa shape index (κ1) is 18.9. The van der Waals surface area contributed by atoms with Crippen LogP contribution in [-0.2, 0) is 9.59 Å². The molecule has 0 aliphatic rings. The summed E-state index contributed by atoms with van der Waals surface area (Å²) in [4.78, 5) is 23.6. The topological polar surface area (TPSA) is 98.7 Å². The molecule has 0 aromatic heterocycles. The molecule has 20 heavy (non-hydrogen) atoms. The van der Waals surface area contributed by atoms with Gasteiger partial charge in [-0.25, -0.2) is 0 Å². The van der Waals surface area contributed by atoms with E-state index in [1.54, 1.807) is 0 Å². The summed E-state index contributed by atoms with van der Waals surface area (Å²) in [6, 6.07) is -1.02. The van der Waals surface area contributed by atoms with E-state index in [0.29, 0.717) is 0 Å². The molecule has 0 aliphatic carbocycles. The number of nitrogens with one attached hydrogen (secondary N) is 2. The zero-order valence-corrected chi connectivity index (χ0v) is 13.3. The van der Waals surface area contributed by atoms with Crippen LogP contribution in [0, 0.1) is 10.8 Å². The molecule has 0 spiro atoms. The van der Waals surface area contributed by atoms with Crippen molar-refractivity contribution in [1.82, 2.24) is 10.6 Å². The molecule has 2 amide bonds. The molecule has 0 rings (SSSR count). The molecule has 0 heterocycles. The molecule has 2 unspecified atom stereocenters. The maximum absolute atomic E-state index is 11.8. The van der Waals surface area contributed by atoms with Gasteiger partial charge in [0.1, 0.15) is 0 Å². The summed E-state index contributed by atoms with van der Waals surface area (Å²) in [5, 5.41) is 23.5. The number of rotatable bonds is 4. The molecular weight excluding hydrogens is 260 g/mol. The van der Waals surface area contributed by atoms with Crippen molar-refractivity contribution in [3.8, 4) is 0 Å². The van der Waals surface area contributed by atoms with Crippen LogP contribution in [0.2, 0.25) is 0 Å². The van der Waals surface area contributed by atoms with Gasteiger partial charge in [0.2, 0.25) is 0 Å². The van der Waals surface area contributed by atoms with Gasteiger partial charge in [-0.3, -0.25) is 9.59 Å². The molecule has 6 nitrogen and oxygen atoms in total. The normalized spacial score (nSPS) is 15.4. The van der Waals surface area contributed by atoms with Crippen molar-refractivity contribution < 1.29 is 19.8 Å². The van der Waals surface area contributed by atoms with Gasteiger partial charge >= 0.3 is 11.8 Å². The smallest absolute Gasteiger partial charge is 0.309 e. The number of carbonyl (C=O) groups is 2. The Labute approximate surface area is 120 Å². The van der Waals surface area contributed by atoms with Gasteiger partial charge in [-0.05, 0) is 10.8 Å². The Morgan fingerprint density at radius 2 is 1.05 bits per heavy atom. The highest BCUT2D eigenvalue weighted by Crippen LogP contribution is 2.19. The molecule has 6 heteroatoms. The van der Waals surface area contributed by atoms with Crippen molar-refractivity contribution in [2.75, 3.05) is 13.2 Å². The number of hydrogen-bond donors (Lipinski definition) is 4. The molecule has 0 aromatic rings. The third-order valence-corrected chi connectivity index (χ3v) is 3.27. The molecule has 0 aliphatic heterocycles. The fourth-order valence-electron chi connectivity index (χ4n) is 1.52. The Bertz CT molecular complexity index is 308. The van der Waals surface area contributed by atoms with Crippen LogP contribution >= 0.6 is 0 Å². The highest BCUT2D eigenvalue weighted by Gasteiger charge is 2.31. The Morgan fingerprint density at radius 1 is 0.800 bits per heavy atom. The van der Waals surface area contributed by atoms with Gasteiger partial charge in [-0.1, -0.05) is 41.5 Å². The van der Waals surface area contributed by atoms with Gasteiger partial charge in [0.15, 0.2) is 0 Å². The van der Waals surface area contributed by atoms with Crippen LogP contribution in [0.25, 0.3) is 0 Å². The van der Waals surface area contributed by atoms with Crippen LogP contribution in [-0.4, -0.2) is 47.3 Å². The first-order valence-electron chi connectivity index (χ1n) is 6.76. The average Bonchev–Trinajstić information content (AvgIpc) is 2.28. The highest BCUT2D eigenvalue weighted by molar-refractivity contribution is 6.35. The lowest BCUT2D eigenvalue weighted by atomic mass is 9.86. The molecule has 0 radical (unpaired) electrons. The van der Waals surface area contributed by atoms with Gasteiger partial charge < -0.3 is 20.8 Å². The zero-order valence-electron chi connectivity index (χ0n) is 13.3. The lowest BCUT2D eigenvalue weighted by Crippen LogP contribution is -2.55. The zero-order chi connectivity index (χ0) is 16.1. The molecule has 0 fully saturated rings. The van der Waals surface area contributed by atoms with Gasteiger partial charge in [-0.2, -0.15) is 0 Å². The van der Waals surface area contributed by atoms with E-state index in [1.807, 2.05) is 41.5 Å². The van der Waals surface area contributed by atoms with Crippen molar-refractivity contribution in [3.05, 3.63) is 0 Å². The largest absolute Gasteiger partial charge is 0.394 e. The summed E-state index contributed by atoms with van der Waals surface area (Å²) in [6.07, 6.45) is 0. The number of carbonyl (C=O) groups excluding carboxylic acids is 2. The summed E-state index contributed by atoms with van der Waals surface area (Å²) in [5.74, 6) is -1.61. The second-order valence-electron chi connectivity index (χ2n) is 7.15. The van der Waals surface area contributed by atoms with E-state index in [-0.39, 0.29) is 24.0 Å². The van der Waals surface area contributed by atoms with Crippen molar-refractivity contribution in [3.63, 3.8) is 0 Å². The Balaban J connectivity index is 4.68. The summed E-state index contributed by atoms with van der Waals surface area (Å²) in [7, 11) is 0. The minimum Gasteiger partial charge on any atom is -0.394 e. The number of aliphatic hydroxyl groups excluding tert-OH is 2. The fraction of sp³-hybridized carbons (Fsp3) is 0.857. The van der Waals surface area contributed by atoms with Crippen LogP contribution in [0.4, 0.5) is 0 Å². The molecule has 2 atom stereocenters. The van der Waals surface area contributed by atoms with Gasteiger partial charge in [-0.15, -0.1) is 0 Å². The Hall–Kier alpha value is -1.14. The third-order valence-electron chi connectivity index (χ3n) is 3.27. The summed E-state index contributed by atoms with van der Waals surface area (Å²) in [6.45, 7) is 10.7. The van der Waals surface area contributed by atoms with Crippen LogP contribution in [0.3, 0.4) is 0 Å². The molecule has 0 saturated heterocycles. The lowest BCUT2D eigenvalue weighted by Gasteiger charge is -2.31.